The van der Waals surface area contributed by atoms with Gasteiger partial charge in [-0.25, -0.2) is 0 Å². The van der Waals surface area contributed by atoms with Gasteiger partial charge in [0.2, 0.25) is 0 Å². The number of halogens is 2. The zero-order valence-electron chi connectivity index (χ0n) is 12.8. The van der Waals surface area contributed by atoms with E-state index in [9.17, 15) is 0 Å². The fourth-order valence-corrected chi connectivity index (χ4v) is 7.60. The van der Waals surface area contributed by atoms with E-state index in [1.54, 1.807) is 22.3 Å². The van der Waals surface area contributed by atoms with Crippen molar-refractivity contribution < 1.29 is 48.0 Å². The van der Waals surface area contributed by atoms with Crippen LogP contribution in [0.25, 0.3) is 0 Å². The Labute approximate surface area is 162 Å². The van der Waals surface area contributed by atoms with E-state index < -0.39 is 23.2 Å². The van der Waals surface area contributed by atoms with Crippen LogP contribution in [0.3, 0.4) is 0 Å². The molecule has 23 heavy (non-hydrogen) atoms. The molecule has 0 bridgehead atoms. The van der Waals surface area contributed by atoms with Crippen molar-refractivity contribution in [2.45, 2.75) is 20.1 Å². The third-order valence-electron chi connectivity index (χ3n) is 4.47. The molecular weight excluding hydrogens is 402 g/mol. The fourth-order valence-electron chi connectivity index (χ4n) is 3.37. The summed E-state index contributed by atoms with van der Waals surface area (Å²) in [4.78, 5) is 0. The Kier molecular flexibility index (Phi) is 6.89. The van der Waals surface area contributed by atoms with Crippen LogP contribution in [0.2, 0.25) is 7.25 Å². The van der Waals surface area contributed by atoms with Gasteiger partial charge in [-0.2, -0.15) is 0 Å². The van der Waals surface area contributed by atoms with Gasteiger partial charge < -0.3 is 24.8 Å². The molecule has 3 heteroatoms. The van der Waals surface area contributed by atoms with E-state index in [0.29, 0.717) is 0 Å². The van der Waals surface area contributed by atoms with E-state index in [-0.39, 0.29) is 24.8 Å². The first-order chi connectivity index (χ1) is 10.4. The van der Waals surface area contributed by atoms with E-state index in [1.807, 2.05) is 0 Å². The monoisotopic (exact) mass is 418 g/mol. The van der Waals surface area contributed by atoms with Crippen molar-refractivity contribution in [2.24, 2.45) is 0 Å². The normalized spacial score (nSPS) is 26.3. The molecule has 0 saturated carbocycles. The first-order valence-electron chi connectivity index (χ1n) is 7.67. The minimum atomic E-state index is -0.568. The van der Waals surface area contributed by atoms with Crippen molar-refractivity contribution in [1.29, 1.82) is 0 Å². The van der Waals surface area contributed by atoms with Gasteiger partial charge in [-0.15, -0.1) is 0 Å². The van der Waals surface area contributed by atoms with Crippen molar-refractivity contribution in [1.82, 2.24) is 0 Å². The molecule has 116 valence electrons. The molecule has 0 heterocycles. The molecule has 0 radical (unpaired) electrons. The van der Waals surface area contributed by atoms with Crippen LogP contribution >= 0.6 is 0 Å². The van der Waals surface area contributed by atoms with Crippen molar-refractivity contribution >= 4 is 0 Å². The van der Waals surface area contributed by atoms with Gasteiger partial charge >= 0.3 is 139 Å². The molecule has 0 aliphatic heterocycles. The minimum Gasteiger partial charge on any atom is -1.00 e. The van der Waals surface area contributed by atoms with Gasteiger partial charge in [-0.05, 0) is 0 Å². The maximum absolute atomic E-state index is 2.48. The molecule has 0 fully saturated rings. The van der Waals surface area contributed by atoms with E-state index in [2.05, 4.69) is 72.9 Å². The van der Waals surface area contributed by atoms with Crippen molar-refractivity contribution in [2.75, 3.05) is 0 Å². The van der Waals surface area contributed by atoms with Gasteiger partial charge in [0.15, 0.2) is 0 Å². The van der Waals surface area contributed by atoms with Crippen LogP contribution in [0.1, 0.15) is 12.8 Å². The number of rotatable bonds is 2. The predicted octanol–water partition coefficient (Wildman–Crippen LogP) is -0.581. The Hall–Kier alpha value is -0.617. The molecule has 0 aromatic heterocycles. The second-order valence-electron chi connectivity index (χ2n) is 5.78. The Morgan fingerprint density at radius 1 is 0.652 bits per heavy atom. The maximum atomic E-state index is 2.48. The van der Waals surface area contributed by atoms with Crippen molar-refractivity contribution in [3.8, 4) is 0 Å². The smallest absolute Gasteiger partial charge is 1.00 e. The van der Waals surface area contributed by atoms with Crippen LogP contribution in [0.5, 0.6) is 0 Å². The molecule has 4 aliphatic carbocycles. The summed E-state index contributed by atoms with van der Waals surface area (Å²) in [5, 5.41) is 0. The van der Waals surface area contributed by atoms with Gasteiger partial charge in [0.1, 0.15) is 0 Å². The summed E-state index contributed by atoms with van der Waals surface area (Å²) in [5.41, 5.74) is 6.29. The Balaban J connectivity index is 0.000000960. The minimum absolute atomic E-state index is 0. The Morgan fingerprint density at radius 3 is 1.61 bits per heavy atom. The van der Waals surface area contributed by atoms with Crippen LogP contribution < -0.4 is 24.8 Å². The van der Waals surface area contributed by atoms with Crippen molar-refractivity contribution in [3.05, 3.63) is 95.2 Å². The molecular formula is C20H18Cl2Zr. The predicted molar refractivity (Wildman–Crippen MR) is 85.6 cm³/mol. The van der Waals surface area contributed by atoms with Gasteiger partial charge in [0.25, 0.3) is 0 Å². The summed E-state index contributed by atoms with van der Waals surface area (Å²) in [7, 11) is 0. The van der Waals surface area contributed by atoms with Crippen LogP contribution in [0.4, 0.5) is 0 Å². The van der Waals surface area contributed by atoms with Gasteiger partial charge in [-0.1, -0.05) is 0 Å². The SMILES string of the molecule is C1=CCC2=C(C=C1)[CH]([Zr+2][CH]1C=CC3=C1C=CC=CC3)C=C2.[Cl-].[Cl-]. The zero-order chi connectivity index (χ0) is 14.1. The molecule has 0 aromatic carbocycles. The summed E-state index contributed by atoms with van der Waals surface area (Å²) in [6.45, 7) is 0. The third-order valence-corrected chi connectivity index (χ3v) is 8.71. The molecule has 4 aliphatic rings. The second-order valence-corrected chi connectivity index (χ2v) is 9.66. The topological polar surface area (TPSA) is 0 Å². The van der Waals surface area contributed by atoms with E-state index >= 15 is 0 Å². The average Bonchev–Trinajstić information content (AvgIpc) is 2.85. The van der Waals surface area contributed by atoms with Crippen LogP contribution in [0.15, 0.2) is 95.2 Å². The Morgan fingerprint density at radius 2 is 1.13 bits per heavy atom. The summed E-state index contributed by atoms with van der Waals surface area (Å²) >= 11 is -0.568. The molecule has 0 nitrogen and oxygen atoms in total. The average molecular weight is 420 g/mol. The van der Waals surface area contributed by atoms with E-state index in [4.69, 9.17) is 0 Å². The van der Waals surface area contributed by atoms with Crippen molar-refractivity contribution in [3.63, 3.8) is 0 Å². The van der Waals surface area contributed by atoms with Crippen LogP contribution in [-0.4, -0.2) is 0 Å². The van der Waals surface area contributed by atoms with E-state index in [0.717, 1.165) is 20.1 Å². The molecule has 0 saturated heterocycles. The fraction of sp³-hybridized carbons (Fsp3) is 0.200. The molecule has 2 atom stereocenters. The van der Waals surface area contributed by atoms with E-state index in [1.165, 1.54) is 0 Å². The second kappa shape index (κ2) is 8.47. The van der Waals surface area contributed by atoms with Gasteiger partial charge in [0.05, 0.1) is 0 Å². The first-order valence-corrected chi connectivity index (χ1v) is 10.5. The van der Waals surface area contributed by atoms with Gasteiger partial charge in [-0.3, -0.25) is 0 Å². The molecule has 4 rings (SSSR count). The summed E-state index contributed by atoms with van der Waals surface area (Å²) in [6, 6.07) is 0. The Bertz CT molecular complexity index is 639. The third kappa shape index (κ3) is 3.90. The molecule has 0 amide bonds. The van der Waals surface area contributed by atoms with Crippen LogP contribution in [0, 0.1) is 0 Å². The molecule has 0 spiro atoms. The summed E-state index contributed by atoms with van der Waals surface area (Å²) in [5.74, 6) is 0. The first kappa shape index (κ1) is 18.7. The maximum Gasteiger partial charge on any atom is -1.00 e. The number of hydrogen-bond donors (Lipinski definition) is 0. The summed E-state index contributed by atoms with van der Waals surface area (Å²) < 4.78 is 1.48. The number of allylic oxidation sites excluding steroid dienone is 16. The molecule has 2 unspecified atom stereocenters. The number of hydrogen-bond acceptors (Lipinski definition) is 0. The zero-order valence-corrected chi connectivity index (χ0v) is 16.7. The molecule has 0 N–H and O–H groups in total. The largest absolute Gasteiger partial charge is 1.00 e. The quantitative estimate of drug-likeness (QED) is 0.561. The van der Waals surface area contributed by atoms with Crippen LogP contribution in [-0.2, 0) is 23.2 Å². The van der Waals surface area contributed by atoms with Gasteiger partial charge in [0, 0.05) is 0 Å². The summed E-state index contributed by atoms with van der Waals surface area (Å²) in [6.07, 6.45) is 30.0. The standard InChI is InChI=1S/2C10H9.2ClH.Zr/c2*1-2-5-9-7-4-8-10(9)6-3-1;;;/h2*1-5,7-8H,6H2;2*1H;/q;;;;+2/p-2. The molecule has 0 aromatic rings.